The van der Waals surface area contributed by atoms with Crippen molar-refractivity contribution in [2.75, 3.05) is 39.4 Å². The fourth-order valence-corrected chi connectivity index (χ4v) is 5.22. The van der Waals surface area contributed by atoms with Gasteiger partial charge in [-0.1, -0.05) is 37.3 Å². The molecule has 2 aliphatic heterocycles. The number of amides is 2. The van der Waals surface area contributed by atoms with E-state index in [-0.39, 0.29) is 23.6 Å². The lowest BCUT2D eigenvalue weighted by atomic mass is 9.83. The van der Waals surface area contributed by atoms with E-state index in [1.165, 1.54) is 29.3 Å². The standard InChI is InChI=1S/C28H31F3N4O3/c1-2-20-6-8-21(9-7-20)22-14-23(17-34(16-22)27(36)33-10-12-37-13-11-33)26-18-35(19-32-26)24-4-3-5-25(15-24)38-28(29,30)31/h3-9,15,18-19,22-23H,2,10-14,16-17H2,1H3. The third kappa shape index (κ3) is 6.12. The number of alkyl halides is 3. The number of urea groups is 1. The Bertz CT molecular complexity index is 1240. The first-order valence-electron chi connectivity index (χ1n) is 12.9. The number of ether oxygens (including phenoxy) is 2. The molecule has 7 nitrogen and oxygen atoms in total. The van der Waals surface area contributed by atoms with Crippen molar-refractivity contribution in [3.8, 4) is 11.4 Å². The molecule has 2 saturated heterocycles. The highest BCUT2D eigenvalue weighted by Gasteiger charge is 2.35. The molecule has 3 aromatic rings. The first-order chi connectivity index (χ1) is 18.3. The van der Waals surface area contributed by atoms with Crippen molar-refractivity contribution in [3.05, 3.63) is 77.9 Å². The molecule has 2 fully saturated rings. The molecule has 0 radical (unpaired) electrons. The Morgan fingerprint density at radius 2 is 1.79 bits per heavy atom. The number of benzene rings is 2. The Morgan fingerprint density at radius 3 is 2.50 bits per heavy atom. The minimum absolute atomic E-state index is 0.00427. The van der Waals surface area contributed by atoms with Gasteiger partial charge in [0.05, 0.1) is 30.9 Å². The van der Waals surface area contributed by atoms with E-state index in [4.69, 9.17) is 4.74 Å². The van der Waals surface area contributed by atoms with Gasteiger partial charge in [0.1, 0.15) is 5.75 Å². The summed E-state index contributed by atoms with van der Waals surface area (Å²) in [5.41, 5.74) is 3.75. The highest BCUT2D eigenvalue weighted by atomic mass is 19.4. The average Bonchev–Trinajstić information content (AvgIpc) is 3.43. The van der Waals surface area contributed by atoms with Crippen LogP contribution in [0.2, 0.25) is 0 Å². The van der Waals surface area contributed by atoms with E-state index < -0.39 is 6.36 Å². The van der Waals surface area contributed by atoms with Gasteiger partial charge in [-0.3, -0.25) is 0 Å². The fraction of sp³-hybridized carbons (Fsp3) is 0.429. The minimum atomic E-state index is -4.76. The van der Waals surface area contributed by atoms with Gasteiger partial charge in [-0.05, 0) is 36.1 Å². The minimum Gasteiger partial charge on any atom is -0.406 e. The van der Waals surface area contributed by atoms with Gasteiger partial charge in [-0.2, -0.15) is 0 Å². The van der Waals surface area contributed by atoms with E-state index in [0.29, 0.717) is 45.1 Å². The second-order valence-electron chi connectivity index (χ2n) is 9.76. The number of aryl methyl sites for hydroxylation is 1. The van der Waals surface area contributed by atoms with Crippen LogP contribution in [0.25, 0.3) is 5.69 Å². The van der Waals surface area contributed by atoms with Crippen molar-refractivity contribution in [2.24, 2.45) is 0 Å². The monoisotopic (exact) mass is 528 g/mol. The van der Waals surface area contributed by atoms with Crippen LogP contribution < -0.4 is 4.74 Å². The highest BCUT2D eigenvalue weighted by molar-refractivity contribution is 5.75. The summed E-state index contributed by atoms with van der Waals surface area (Å²) in [4.78, 5) is 21.8. The lowest BCUT2D eigenvalue weighted by molar-refractivity contribution is -0.274. The normalized spacial score (nSPS) is 20.4. The summed E-state index contributed by atoms with van der Waals surface area (Å²) < 4.78 is 49.3. The quantitative estimate of drug-likeness (QED) is 0.448. The predicted octanol–water partition coefficient (Wildman–Crippen LogP) is 5.36. The molecule has 1 aromatic heterocycles. The number of carbonyl (C=O) groups is 1. The number of carbonyl (C=O) groups excluding carboxylic acids is 1. The Labute approximate surface area is 219 Å². The number of rotatable bonds is 5. The lowest BCUT2D eigenvalue weighted by Crippen LogP contribution is -2.52. The summed E-state index contributed by atoms with van der Waals surface area (Å²) in [5, 5.41) is 0. The Balaban J connectivity index is 1.39. The molecule has 0 spiro atoms. The van der Waals surface area contributed by atoms with Crippen molar-refractivity contribution >= 4 is 6.03 Å². The smallest absolute Gasteiger partial charge is 0.406 e. The van der Waals surface area contributed by atoms with E-state index in [2.05, 4.69) is 40.9 Å². The van der Waals surface area contributed by atoms with Gasteiger partial charge in [0.15, 0.2) is 0 Å². The number of imidazole rings is 1. The molecule has 2 amide bonds. The molecule has 2 atom stereocenters. The molecule has 38 heavy (non-hydrogen) atoms. The van der Waals surface area contributed by atoms with Crippen LogP contribution in [0.3, 0.4) is 0 Å². The molecule has 2 aromatic carbocycles. The number of piperidine rings is 1. The second kappa shape index (κ2) is 11.1. The number of aromatic nitrogens is 2. The molecule has 0 saturated carbocycles. The number of hydrogen-bond donors (Lipinski definition) is 0. The summed E-state index contributed by atoms with van der Waals surface area (Å²) in [5.74, 6) is -0.181. The zero-order valence-electron chi connectivity index (χ0n) is 21.2. The van der Waals surface area contributed by atoms with Crippen LogP contribution in [-0.4, -0.2) is 71.1 Å². The molecular weight excluding hydrogens is 497 g/mol. The average molecular weight is 529 g/mol. The van der Waals surface area contributed by atoms with Crippen molar-refractivity contribution < 1.29 is 27.4 Å². The van der Waals surface area contributed by atoms with Gasteiger partial charge in [-0.25, -0.2) is 9.78 Å². The van der Waals surface area contributed by atoms with Gasteiger partial charge in [0.25, 0.3) is 0 Å². The van der Waals surface area contributed by atoms with Crippen LogP contribution in [0.5, 0.6) is 5.75 Å². The van der Waals surface area contributed by atoms with Gasteiger partial charge in [0, 0.05) is 50.3 Å². The van der Waals surface area contributed by atoms with Crippen LogP contribution in [0.1, 0.15) is 42.0 Å². The van der Waals surface area contributed by atoms with E-state index in [1.807, 2.05) is 16.0 Å². The summed E-state index contributed by atoms with van der Waals surface area (Å²) in [7, 11) is 0. The van der Waals surface area contributed by atoms with Gasteiger partial charge in [0.2, 0.25) is 0 Å². The van der Waals surface area contributed by atoms with E-state index in [9.17, 15) is 18.0 Å². The first kappa shape index (κ1) is 26.1. The Morgan fingerprint density at radius 1 is 1.05 bits per heavy atom. The van der Waals surface area contributed by atoms with E-state index in [1.54, 1.807) is 17.0 Å². The third-order valence-electron chi connectivity index (χ3n) is 7.23. The van der Waals surface area contributed by atoms with Crippen molar-refractivity contribution in [1.82, 2.24) is 19.4 Å². The summed E-state index contributed by atoms with van der Waals surface area (Å²) in [6.45, 7) is 5.47. The molecule has 2 unspecified atom stereocenters. The summed E-state index contributed by atoms with van der Waals surface area (Å²) in [6, 6.07) is 14.4. The number of halogens is 3. The zero-order chi connectivity index (χ0) is 26.7. The van der Waals surface area contributed by atoms with Crippen molar-refractivity contribution in [2.45, 2.75) is 38.0 Å². The fourth-order valence-electron chi connectivity index (χ4n) is 5.22. The van der Waals surface area contributed by atoms with Crippen molar-refractivity contribution in [3.63, 3.8) is 0 Å². The van der Waals surface area contributed by atoms with Crippen LogP contribution in [-0.2, 0) is 11.2 Å². The van der Waals surface area contributed by atoms with Crippen LogP contribution in [0, 0.1) is 0 Å². The summed E-state index contributed by atoms with van der Waals surface area (Å²) in [6.07, 6.45) is 0.434. The summed E-state index contributed by atoms with van der Waals surface area (Å²) >= 11 is 0. The van der Waals surface area contributed by atoms with Gasteiger partial charge >= 0.3 is 12.4 Å². The molecule has 0 N–H and O–H groups in total. The molecule has 0 aliphatic carbocycles. The van der Waals surface area contributed by atoms with Gasteiger partial charge < -0.3 is 23.8 Å². The van der Waals surface area contributed by atoms with Crippen LogP contribution in [0.4, 0.5) is 18.0 Å². The SMILES string of the molecule is CCc1ccc(C2CC(c3cn(-c4cccc(OC(F)(F)F)c4)cn3)CN(C(=O)N3CCOCC3)C2)cc1. The molecule has 10 heteroatoms. The molecule has 3 heterocycles. The van der Waals surface area contributed by atoms with Crippen LogP contribution in [0.15, 0.2) is 61.1 Å². The highest BCUT2D eigenvalue weighted by Crippen LogP contribution is 2.36. The second-order valence-corrected chi connectivity index (χ2v) is 9.76. The zero-order valence-corrected chi connectivity index (χ0v) is 21.2. The van der Waals surface area contributed by atoms with E-state index >= 15 is 0 Å². The number of likely N-dealkylation sites (tertiary alicyclic amines) is 1. The molecule has 5 rings (SSSR count). The third-order valence-corrected chi connectivity index (χ3v) is 7.23. The van der Waals surface area contributed by atoms with Gasteiger partial charge in [-0.15, -0.1) is 13.2 Å². The largest absolute Gasteiger partial charge is 0.573 e. The predicted molar refractivity (Wildman–Crippen MR) is 136 cm³/mol. The maximum absolute atomic E-state index is 13.5. The number of nitrogens with zero attached hydrogens (tertiary/aromatic N) is 4. The number of hydrogen-bond acceptors (Lipinski definition) is 4. The topological polar surface area (TPSA) is 59.8 Å². The lowest BCUT2D eigenvalue weighted by Gasteiger charge is -2.40. The van der Waals surface area contributed by atoms with Crippen molar-refractivity contribution in [1.29, 1.82) is 0 Å². The van der Waals surface area contributed by atoms with Crippen LogP contribution >= 0.6 is 0 Å². The number of morpholine rings is 1. The molecule has 0 bridgehead atoms. The van der Waals surface area contributed by atoms with E-state index in [0.717, 1.165) is 18.5 Å². The maximum atomic E-state index is 13.5. The Hall–Kier alpha value is -3.53. The molecule has 2 aliphatic rings. The first-order valence-corrected chi connectivity index (χ1v) is 12.9. The molecular formula is C28H31F3N4O3. The maximum Gasteiger partial charge on any atom is 0.573 e. The Kier molecular flexibility index (Phi) is 7.60. The molecule has 202 valence electrons.